The third-order valence-corrected chi connectivity index (χ3v) is 1.73. The van der Waals surface area contributed by atoms with Gasteiger partial charge in [-0.3, -0.25) is 9.98 Å². The first kappa shape index (κ1) is 13.4. The second-order valence-corrected chi connectivity index (χ2v) is 4.70. The Morgan fingerprint density at radius 3 is 2.29 bits per heavy atom. The Hall–Kier alpha value is -0.640. The molecule has 0 amide bonds. The smallest absolute Gasteiger partial charge is 0.143 e. The van der Waals surface area contributed by atoms with Gasteiger partial charge in [-0.15, -0.1) is 0 Å². The molecule has 0 rings (SSSR count). The van der Waals surface area contributed by atoms with Gasteiger partial charge >= 0.3 is 0 Å². The molecule has 0 spiro atoms. The van der Waals surface area contributed by atoms with Gasteiger partial charge in [0.25, 0.3) is 0 Å². The van der Waals surface area contributed by atoms with Crippen LogP contribution < -0.4 is 5.73 Å². The number of hydrogen-bond donors (Lipinski definition) is 1. The van der Waals surface area contributed by atoms with Crippen LogP contribution in [0.2, 0.25) is 0 Å². The van der Waals surface area contributed by atoms with Crippen LogP contribution in [0.25, 0.3) is 0 Å². The number of alkyl halides is 1. The highest BCUT2D eigenvalue weighted by Gasteiger charge is 2.01. The van der Waals surface area contributed by atoms with Crippen molar-refractivity contribution in [3.8, 4) is 0 Å². The summed E-state index contributed by atoms with van der Waals surface area (Å²) in [7, 11) is 1.66. The minimum Gasteiger partial charge on any atom is -0.382 e. The molecule has 0 aromatic heterocycles. The first-order chi connectivity index (χ1) is 6.47. The quantitative estimate of drug-likeness (QED) is 0.470. The zero-order valence-corrected chi connectivity index (χ0v) is 10.7. The van der Waals surface area contributed by atoms with Crippen LogP contribution in [0.15, 0.2) is 22.1 Å². The molecule has 1 atom stereocenters. The Bertz CT molecular complexity index is 252. The topological polar surface area (TPSA) is 50.7 Å². The number of nitrogens with zero attached hydrogens (tertiary/aromatic N) is 2. The average Bonchev–Trinajstić information content (AvgIpc) is 2.10. The molecule has 0 aromatic carbocycles. The zero-order chi connectivity index (χ0) is 11.1. The number of allylic oxidation sites excluding steroid dienone is 1. The van der Waals surface area contributed by atoms with Gasteiger partial charge in [0.05, 0.1) is 5.71 Å². The van der Waals surface area contributed by atoms with Gasteiger partial charge in [-0.25, -0.2) is 0 Å². The molecular formula is C10H18BrN3. The maximum atomic E-state index is 5.70. The van der Waals surface area contributed by atoms with Gasteiger partial charge in [0.2, 0.25) is 0 Å². The van der Waals surface area contributed by atoms with E-state index in [0.717, 1.165) is 5.71 Å². The first-order valence-corrected chi connectivity index (χ1v) is 5.51. The molecule has 0 radical (unpaired) electrons. The fraction of sp³-hybridized carbons (Fsp3) is 0.600. The Kier molecular flexibility index (Phi) is 6.45. The molecule has 0 saturated heterocycles. The summed E-state index contributed by atoms with van der Waals surface area (Å²) in [6.07, 6.45) is 3.88. The molecular weight excluding hydrogens is 242 g/mol. The van der Waals surface area contributed by atoms with Crippen LogP contribution in [-0.4, -0.2) is 29.5 Å². The molecule has 0 saturated carbocycles. The fourth-order valence-corrected chi connectivity index (χ4v) is 0.964. The summed E-state index contributed by atoms with van der Waals surface area (Å²) < 4.78 is 0. The van der Waals surface area contributed by atoms with Crippen molar-refractivity contribution in [2.45, 2.75) is 31.6 Å². The van der Waals surface area contributed by atoms with Crippen LogP contribution in [0.5, 0.6) is 0 Å². The fourth-order valence-electron chi connectivity index (χ4n) is 0.811. The summed E-state index contributed by atoms with van der Waals surface area (Å²) >= 11 is 3.42. The Morgan fingerprint density at radius 2 is 1.93 bits per heavy atom. The lowest BCUT2D eigenvalue weighted by molar-refractivity contribution is 0.839. The van der Waals surface area contributed by atoms with Crippen molar-refractivity contribution in [3.05, 3.63) is 12.2 Å². The van der Waals surface area contributed by atoms with Crippen molar-refractivity contribution < 1.29 is 0 Å². The second-order valence-electron chi connectivity index (χ2n) is 3.25. The predicted molar refractivity (Wildman–Crippen MR) is 67.6 cm³/mol. The van der Waals surface area contributed by atoms with Crippen LogP contribution in [0.4, 0.5) is 0 Å². The summed E-state index contributed by atoms with van der Waals surface area (Å²) in [5, 5.41) is 0. The third-order valence-electron chi connectivity index (χ3n) is 1.42. The highest BCUT2D eigenvalue weighted by molar-refractivity contribution is 9.09. The molecule has 0 heterocycles. The van der Waals surface area contributed by atoms with E-state index in [1.54, 1.807) is 7.05 Å². The molecule has 0 aromatic rings. The molecule has 14 heavy (non-hydrogen) atoms. The van der Waals surface area contributed by atoms with Crippen LogP contribution in [-0.2, 0) is 0 Å². The third kappa shape index (κ3) is 5.91. The van der Waals surface area contributed by atoms with Crippen molar-refractivity contribution >= 4 is 27.5 Å². The summed E-state index contributed by atoms with van der Waals surface area (Å²) in [6.45, 7) is 6.05. The lowest BCUT2D eigenvalue weighted by atomic mass is 10.2. The zero-order valence-electron chi connectivity index (χ0n) is 9.16. The number of halogens is 1. The van der Waals surface area contributed by atoms with E-state index in [-0.39, 0.29) is 6.04 Å². The Balaban J connectivity index is 4.75. The summed E-state index contributed by atoms with van der Waals surface area (Å²) in [6, 6.07) is 0.223. The number of amidine groups is 1. The summed E-state index contributed by atoms with van der Waals surface area (Å²) in [4.78, 5) is 8.60. The molecule has 2 N–H and O–H groups in total. The lowest BCUT2D eigenvalue weighted by Gasteiger charge is -2.03. The van der Waals surface area contributed by atoms with Gasteiger partial charge in [0.1, 0.15) is 5.84 Å². The standard InChI is InChI=1S/C10H18BrN3/c1-7(2)14-9(10(12)13-4)6-5-8(3)11/h5-8H,1-4H3,(H2,12,13)/b6-5-,14-9?. The number of aliphatic imine (C=N–C) groups is 2. The summed E-state index contributed by atoms with van der Waals surface area (Å²) in [5.41, 5.74) is 6.45. The van der Waals surface area contributed by atoms with E-state index < -0.39 is 0 Å². The normalized spacial score (nSPS) is 16.7. The SMILES string of the molecule is CN=C(N)C(/C=C\C(C)Br)=NC(C)C. The largest absolute Gasteiger partial charge is 0.382 e. The minimum atomic E-state index is 0.223. The molecule has 0 aliphatic rings. The first-order valence-electron chi connectivity index (χ1n) is 4.60. The number of rotatable bonds is 4. The van der Waals surface area contributed by atoms with Crippen molar-refractivity contribution in [3.63, 3.8) is 0 Å². The van der Waals surface area contributed by atoms with Crippen molar-refractivity contribution in [2.75, 3.05) is 7.05 Å². The van der Waals surface area contributed by atoms with Crippen LogP contribution >= 0.6 is 15.9 Å². The Labute approximate surface area is 94.3 Å². The Morgan fingerprint density at radius 1 is 1.36 bits per heavy atom. The summed E-state index contributed by atoms with van der Waals surface area (Å²) in [5.74, 6) is 0.475. The van der Waals surface area contributed by atoms with E-state index >= 15 is 0 Å². The van der Waals surface area contributed by atoms with E-state index in [0.29, 0.717) is 10.7 Å². The maximum Gasteiger partial charge on any atom is 0.143 e. The highest BCUT2D eigenvalue weighted by atomic mass is 79.9. The molecule has 0 aliphatic heterocycles. The minimum absolute atomic E-state index is 0.223. The molecule has 80 valence electrons. The van der Waals surface area contributed by atoms with Crippen LogP contribution in [0.3, 0.4) is 0 Å². The van der Waals surface area contributed by atoms with E-state index in [2.05, 4.69) is 25.9 Å². The molecule has 4 heteroatoms. The number of hydrogen-bond acceptors (Lipinski definition) is 2. The van der Waals surface area contributed by atoms with Gasteiger partial charge in [0.15, 0.2) is 0 Å². The van der Waals surface area contributed by atoms with Crippen LogP contribution in [0.1, 0.15) is 20.8 Å². The second kappa shape index (κ2) is 6.76. The molecule has 1 unspecified atom stereocenters. The van der Waals surface area contributed by atoms with Gasteiger partial charge in [-0.1, -0.05) is 22.0 Å². The predicted octanol–water partition coefficient (Wildman–Crippen LogP) is 2.16. The highest BCUT2D eigenvalue weighted by Crippen LogP contribution is 2.00. The van der Waals surface area contributed by atoms with E-state index in [4.69, 9.17) is 5.73 Å². The van der Waals surface area contributed by atoms with Crippen molar-refractivity contribution in [1.82, 2.24) is 0 Å². The molecule has 0 aliphatic carbocycles. The monoisotopic (exact) mass is 259 g/mol. The molecule has 0 bridgehead atoms. The van der Waals surface area contributed by atoms with Gasteiger partial charge in [-0.05, 0) is 26.8 Å². The van der Waals surface area contributed by atoms with Crippen molar-refractivity contribution in [2.24, 2.45) is 15.7 Å². The number of nitrogens with two attached hydrogens (primary N) is 1. The molecule has 3 nitrogen and oxygen atoms in total. The van der Waals surface area contributed by atoms with Crippen molar-refractivity contribution in [1.29, 1.82) is 0 Å². The average molecular weight is 260 g/mol. The molecule has 0 fully saturated rings. The van der Waals surface area contributed by atoms with Gasteiger partial charge in [0, 0.05) is 17.9 Å². The van der Waals surface area contributed by atoms with Gasteiger partial charge < -0.3 is 5.73 Å². The lowest BCUT2D eigenvalue weighted by Crippen LogP contribution is -2.23. The van der Waals surface area contributed by atoms with E-state index in [1.807, 2.05) is 32.9 Å². The van der Waals surface area contributed by atoms with Gasteiger partial charge in [-0.2, -0.15) is 0 Å². The van der Waals surface area contributed by atoms with Crippen LogP contribution in [0, 0.1) is 0 Å². The van der Waals surface area contributed by atoms with E-state index in [9.17, 15) is 0 Å². The maximum absolute atomic E-state index is 5.70. The van der Waals surface area contributed by atoms with E-state index in [1.165, 1.54) is 0 Å².